The molecule has 0 aliphatic carbocycles. The number of carbonyl (C=O) groups excluding carboxylic acids is 4. The first-order chi connectivity index (χ1) is 23.9. The van der Waals surface area contributed by atoms with Gasteiger partial charge in [0, 0.05) is 49.4 Å². The lowest BCUT2D eigenvalue weighted by molar-refractivity contribution is -0.150. The van der Waals surface area contributed by atoms with Crippen LogP contribution in [0.1, 0.15) is 69.4 Å². The number of carbonyl (C=O) groups is 4. The Hall–Kier alpha value is -3.94. The van der Waals surface area contributed by atoms with E-state index in [9.17, 15) is 24.3 Å². The number of ether oxygens (including phenoxy) is 2. The highest BCUT2D eigenvalue weighted by Crippen LogP contribution is 2.60. The second-order valence-corrected chi connectivity index (χ2v) is 18.1. The quantitative estimate of drug-likeness (QED) is 0.150. The SMILES string of the molecule is COC(=O)CCCCN1C(=O)[C@@]2(O[C@@H](CC(=O)N3CCC[C@H]3CO)[C@H]([Si](C)(C)F)[C@H]2C)c2cc(N3N=C(c4ccccc4)CCC3=O)ccc21. The molecule has 4 heterocycles. The lowest BCUT2D eigenvalue weighted by Crippen LogP contribution is -2.45. The number of amides is 3. The number of hydrazone groups is 1. The van der Waals surface area contributed by atoms with Crippen LogP contribution in [0.5, 0.6) is 0 Å². The zero-order valence-corrected chi connectivity index (χ0v) is 30.3. The van der Waals surface area contributed by atoms with E-state index in [1.807, 2.05) is 37.3 Å². The van der Waals surface area contributed by atoms with Crippen molar-refractivity contribution in [2.24, 2.45) is 11.0 Å². The molecule has 0 radical (unpaired) electrons. The first-order valence-electron chi connectivity index (χ1n) is 17.7. The van der Waals surface area contributed by atoms with Gasteiger partial charge in [0.25, 0.3) is 5.91 Å². The highest BCUT2D eigenvalue weighted by molar-refractivity contribution is 6.72. The molecule has 4 aliphatic rings. The number of benzene rings is 2. The molecule has 5 atom stereocenters. The fraction of sp³-hybridized carbons (Fsp3) is 0.541. The number of likely N-dealkylation sites (tertiary alicyclic amines) is 1. The van der Waals surface area contributed by atoms with Gasteiger partial charge < -0.3 is 28.5 Å². The Labute approximate surface area is 293 Å². The summed E-state index contributed by atoms with van der Waals surface area (Å²) in [5, 5.41) is 16.0. The molecule has 0 unspecified atom stereocenters. The first kappa shape index (κ1) is 35.9. The number of aliphatic hydroxyl groups is 1. The average Bonchev–Trinajstić information content (AvgIpc) is 3.77. The van der Waals surface area contributed by atoms with Gasteiger partial charge in [0.2, 0.25) is 20.2 Å². The minimum atomic E-state index is -3.55. The number of methoxy groups -OCH3 is 1. The third-order valence-electron chi connectivity index (χ3n) is 10.9. The van der Waals surface area contributed by atoms with E-state index in [1.54, 1.807) is 41.1 Å². The van der Waals surface area contributed by atoms with Gasteiger partial charge in [-0.15, -0.1) is 0 Å². The Morgan fingerprint density at radius 3 is 2.58 bits per heavy atom. The van der Waals surface area contributed by atoms with Gasteiger partial charge in [-0.2, -0.15) is 5.10 Å². The van der Waals surface area contributed by atoms with Crippen LogP contribution in [0.2, 0.25) is 18.6 Å². The van der Waals surface area contributed by atoms with Crippen LogP contribution in [0.15, 0.2) is 53.6 Å². The van der Waals surface area contributed by atoms with Crippen molar-refractivity contribution in [3.05, 3.63) is 59.7 Å². The molecule has 3 amide bonds. The summed E-state index contributed by atoms with van der Waals surface area (Å²) in [5.41, 5.74) is 0.948. The van der Waals surface area contributed by atoms with Crippen LogP contribution >= 0.6 is 0 Å². The van der Waals surface area contributed by atoms with E-state index in [2.05, 4.69) is 0 Å². The average molecular weight is 707 g/mol. The summed E-state index contributed by atoms with van der Waals surface area (Å²) >= 11 is 0. The molecule has 11 nitrogen and oxygen atoms in total. The number of rotatable bonds is 11. The number of halogens is 1. The van der Waals surface area contributed by atoms with Crippen molar-refractivity contribution in [3.8, 4) is 0 Å². The Kier molecular flexibility index (Phi) is 10.3. The molecule has 2 aromatic carbocycles. The van der Waals surface area contributed by atoms with Crippen LogP contribution in [0.25, 0.3) is 0 Å². The summed E-state index contributed by atoms with van der Waals surface area (Å²) in [6.07, 6.45) is 2.46. The maximum Gasteiger partial charge on any atom is 0.305 e. The molecule has 268 valence electrons. The molecule has 2 fully saturated rings. The minimum absolute atomic E-state index is 0.107. The molecule has 2 saturated heterocycles. The maximum absolute atomic E-state index is 16.4. The van der Waals surface area contributed by atoms with Gasteiger partial charge >= 0.3 is 5.97 Å². The van der Waals surface area contributed by atoms with Crippen LogP contribution in [0.4, 0.5) is 15.5 Å². The van der Waals surface area contributed by atoms with E-state index in [0.29, 0.717) is 49.2 Å². The standard InChI is InChI=1S/C37H47FN4O7Si/c1-24-35(50(3,4)38)31(22-33(45)40-20-10-13-27(40)23-43)49-37(24)28-21-26(42-32(44)18-16-29(39-42)25-11-6-5-7-12-25)15-17-30(28)41(36(37)47)19-9-8-14-34(46)48-2/h5-7,11-12,15,17,21,24,27,31,35,43H,8-10,13-14,16,18-20,22-23H2,1-4H3/t24-,27+,31+,35-,37+/m1/s1. The molecule has 6 rings (SSSR count). The van der Waals surface area contributed by atoms with Crippen LogP contribution in [0.3, 0.4) is 0 Å². The Bertz CT molecular complexity index is 1670. The molecular formula is C37H47FN4O7Si. The van der Waals surface area contributed by atoms with Crippen molar-refractivity contribution in [1.29, 1.82) is 0 Å². The van der Waals surface area contributed by atoms with E-state index in [4.69, 9.17) is 14.6 Å². The number of hydrogen-bond donors (Lipinski definition) is 1. The monoisotopic (exact) mass is 706 g/mol. The maximum atomic E-state index is 16.4. The number of fused-ring (bicyclic) bond motifs is 2. The predicted octanol–water partition coefficient (Wildman–Crippen LogP) is 5.06. The van der Waals surface area contributed by atoms with Gasteiger partial charge in [0.1, 0.15) is 0 Å². The summed E-state index contributed by atoms with van der Waals surface area (Å²) in [6, 6.07) is 14.7. The fourth-order valence-electron chi connectivity index (χ4n) is 8.47. The summed E-state index contributed by atoms with van der Waals surface area (Å²) in [4.78, 5) is 56.9. The van der Waals surface area contributed by atoms with Crippen molar-refractivity contribution in [2.75, 3.05) is 36.7 Å². The first-order valence-corrected chi connectivity index (χ1v) is 20.6. The second-order valence-electron chi connectivity index (χ2n) is 14.4. The smallest absolute Gasteiger partial charge is 0.305 e. The van der Waals surface area contributed by atoms with Crippen LogP contribution in [-0.4, -0.2) is 86.8 Å². The normalized spacial score (nSPS) is 26.5. The van der Waals surface area contributed by atoms with Crippen LogP contribution < -0.4 is 9.91 Å². The summed E-state index contributed by atoms with van der Waals surface area (Å²) in [5.74, 6) is -1.73. The third kappa shape index (κ3) is 6.50. The topological polar surface area (TPSA) is 129 Å². The summed E-state index contributed by atoms with van der Waals surface area (Å²) in [7, 11) is -2.22. The molecule has 1 N–H and O–H groups in total. The van der Waals surface area contributed by atoms with Gasteiger partial charge in [-0.1, -0.05) is 37.3 Å². The lowest BCUT2D eigenvalue weighted by atomic mass is 9.82. The van der Waals surface area contributed by atoms with Gasteiger partial charge in [0.05, 0.1) is 49.4 Å². The largest absolute Gasteiger partial charge is 0.469 e. The number of hydrogen-bond acceptors (Lipinski definition) is 8. The zero-order chi connectivity index (χ0) is 35.8. The van der Waals surface area contributed by atoms with Gasteiger partial charge in [-0.3, -0.25) is 19.2 Å². The molecule has 13 heteroatoms. The van der Waals surface area contributed by atoms with Gasteiger partial charge in [0.15, 0.2) is 5.60 Å². The number of esters is 1. The number of unbranched alkanes of at least 4 members (excludes halogenated alkanes) is 1. The van der Waals surface area contributed by atoms with E-state index in [1.165, 1.54) is 12.1 Å². The third-order valence-corrected chi connectivity index (χ3v) is 13.3. The molecule has 2 aromatic rings. The van der Waals surface area contributed by atoms with Gasteiger partial charge in [-0.05, 0) is 62.5 Å². The van der Waals surface area contributed by atoms with E-state index < -0.39 is 31.6 Å². The Morgan fingerprint density at radius 2 is 1.88 bits per heavy atom. The van der Waals surface area contributed by atoms with Crippen LogP contribution in [-0.2, 0) is 34.3 Å². The molecule has 50 heavy (non-hydrogen) atoms. The molecule has 0 aromatic heterocycles. The molecular weight excluding hydrogens is 660 g/mol. The summed E-state index contributed by atoms with van der Waals surface area (Å²) < 4.78 is 28.1. The predicted molar refractivity (Wildman–Crippen MR) is 189 cm³/mol. The molecule has 4 aliphatic heterocycles. The van der Waals surface area contributed by atoms with Crippen molar-refractivity contribution in [2.45, 2.75) is 94.7 Å². The van der Waals surface area contributed by atoms with Crippen molar-refractivity contribution >= 4 is 49.2 Å². The minimum Gasteiger partial charge on any atom is -0.469 e. The zero-order valence-electron chi connectivity index (χ0n) is 29.3. The second kappa shape index (κ2) is 14.4. The summed E-state index contributed by atoms with van der Waals surface area (Å²) in [6.45, 7) is 5.67. The van der Waals surface area contributed by atoms with Crippen molar-refractivity contribution in [3.63, 3.8) is 0 Å². The number of anilines is 2. The molecule has 0 saturated carbocycles. The Balaban J connectivity index is 1.40. The highest BCUT2D eigenvalue weighted by atomic mass is 28.4. The molecule has 0 bridgehead atoms. The van der Waals surface area contributed by atoms with Gasteiger partial charge in [-0.25, -0.2) is 5.01 Å². The number of nitrogens with zero attached hydrogens (tertiary/aromatic N) is 4. The van der Waals surface area contributed by atoms with Crippen LogP contribution in [0, 0.1) is 5.92 Å². The Morgan fingerprint density at radius 1 is 1.12 bits per heavy atom. The molecule has 1 spiro atoms. The van der Waals surface area contributed by atoms with E-state index >= 15 is 4.11 Å². The van der Waals surface area contributed by atoms with Crippen molar-refractivity contribution < 1.29 is 37.9 Å². The van der Waals surface area contributed by atoms with E-state index in [0.717, 1.165) is 17.7 Å². The highest BCUT2D eigenvalue weighted by Gasteiger charge is 2.67. The fourth-order valence-corrected chi connectivity index (χ4v) is 11.0. The lowest BCUT2D eigenvalue weighted by Gasteiger charge is -2.31. The number of aliphatic hydroxyl groups excluding tert-OH is 1. The van der Waals surface area contributed by atoms with E-state index in [-0.39, 0.29) is 62.1 Å². The van der Waals surface area contributed by atoms with Crippen molar-refractivity contribution in [1.82, 2.24) is 4.90 Å².